The van der Waals surface area contributed by atoms with Crippen LogP contribution in [0.25, 0.3) is 0 Å². The van der Waals surface area contributed by atoms with E-state index in [4.69, 9.17) is 4.74 Å². The van der Waals surface area contributed by atoms with E-state index in [2.05, 4.69) is 23.9 Å². The molecule has 0 heterocycles. The highest BCUT2D eigenvalue weighted by molar-refractivity contribution is 7.92. The summed E-state index contributed by atoms with van der Waals surface area (Å²) in [6, 6.07) is 13.8. The normalized spacial score (nSPS) is 12.3. The Hall–Kier alpha value is -2.87. The van der Waals surface area contributed by atoms with Gasteiger partial charge >= 0.3 is 5.97 Å². The van der Waals surface area contributed by atoms with Gasteiger partial charge in [-0.2, -0.15) is 0 Å². The van der Waals surface area contributed by atoms with E-state index in [1.165, 1.54) is 17.7 Å². The Morgan fingerprint density at radius 3 is 2.23 bits per heavy atom. The summed E-state index contributed by atoms with van der Waals surface area (Å²) in [5.41, 5.74) is 2.32. The quantitative estimate of drug-likeness (QED) is 0.592. The first-order valence-electron chi connectivity index (χ1n) is 9.67. The smallest absolute Gasteiger partial charge is 0.340 e. The van der Waals surface area contributed by atoms with E-state index < -0.39 is 28.5 Å². The first-order valence-corrected chi connectivity index (χ1v) is 11.6. The molecule has 0 unspecified atom stereocenters. The third-order valence-electron chi connectivity index (χ3n) is 4.28. The number of hydrogen-bond acceptors (Lipinski definition) is 5. The summed E-state index contributed by atoms with van der Waals surface area (Å²) in [5.74, 6) is -0.668. The lowest BCUT2D eigenvalue weighted by Gasteiger charge is -2.16. The van der Waals surface area contributed by atoms with Gasteiger partial charge in [0, 0.05) is 0 Å². The van der Waals surface area contributed by atoms with Crippen molar-refractivity contribution in [3.8, 4) is 0 Å². The van der Waals surface area contributed by atoms with E-state index in [0.717, 1.165) is 18.2 Å². The van der Waals surface area contributed by atoms with Crippen LogP contribution in [0.2, 0.25) is 0 Å². The maximum absolute atomic E-state index is 12.3. The van der Waals surface area contributed by atoms with Gasteiger partial charge in [0.25, 0.3) is 5.91 Å². The Morgan fingerprint density at radius 1 is 1.00 bits per heavy atom. The fourth-order valence-electron chi connectivity index (χ4n) is 2.94. The van der Waals surface area contributed by atoms with Crippen LogP contribution >= 0.6 is 0 Å². The van der Waals surface area contributed by atoms with Crippen molar-refractivity contribution in [1.82, 2.24) is 5.32 Å². The number of benzene rings is 2. The average Bonchev–Trinajstić information content (AvgIpc) is 2.65. The van der Waals surface area contributed by atoms with Gasteiger partial charge < -0.3 is 10.1 Å². The highest BCUT2D eigenvalue weighted by Gasteiger charge is 2.17. The molecular weight excluding hydrogens is 404 g/mol. The minimum Gasteiger partial charge on any atom is -0.452 e. The van der Waals surface area contributed by atoms with E-state index in [-0.39, 0.29) is 17.3 Å². The zero-order valence-electron chi connectivity index (χ0n) is 17.6. The number of nitrogens with one attached hydrogen (secondary N) is 2. The van der Waals surface area contributed by atoms with Crippen molar-refractivity contribution in [2.45, 2.75) is 33.2 Å². The molecule has 2 aromatic carbocycles. The number of esters is 1. The minimum atomic E-state index is -3.56. The lowest BCUT2D eigenvalue weighted by Crippen LogP contribution is -2.31. The van der Waals surface area contributed by atoms with Crippen molar-refractivity contribution in [2.75, 3.05) is 17.6 Å². The van der Waals surface area contributed by atoms with E-state index in [0.29, 0.717) is 5.92 Å². The predicted molar refractivity (Wildman–Crippen MR) is 117 cm³/mol. The van der Waals surface area contributed by atoms with Crippen LogP contribution in [0.15, 0.2) is 48.5 Å². The molecule has 0 bridgehead atoms. The molecule has 2 rings (SSSR count). The average molecular weight is 433 g/mol. The van der Waals surface area contributed by atoms with Gasteiger partial charge in [0.15, 0.2) is 6.61 Å². The SMILES string of the molecule is CC(C)Cc1ccc([C@H](C)NC(=O)COC(=O)c2ccccc2NS(C)(=O)=O)cc1. The monoisotopic (exact) mass is 432 g/mol. The van der Waals surface area contributed by atoms with Crippen LogP contribution in [0, 0.1) is 5.92 Å². The van der Waals surface area contributed by atoms with Crippen LogP contribution in [-0.4, -0.2) is 33.2 Å². The predicted octanol–water partition coefficient (Wildman–Crippen LogP) is 3.29. The number of rotatable bonds is 9. The van der Waals surface area contributed by atoms with Crippen molar-refractivity contribution in [2.24, 2.45) is 5.92 Å². The molecule has 1 atom stereocenters. The van der Waals surface area contributed by atoms with Gasteiger partial charge in [-0.1, -0.05) is 50.2 Å². The van der Waals surface area contributed by atoms with E-state index in [1.54, 1.807) is 12.1 Å². The van der Waals surface area contributed by atoms with Gasteiger partial charge in [0.1, 0.15) is 0 Å². The standard InChI is InChI=1S/C22H28N2O5S/c1-15(2)13-17-9-11-18(12-10-17)16(3)23-21(25)14-29-22(26)19-7-5-6-8-20(19)24-30(4,27)28/h5-12,15-16,24H,13-14H2,1-4H3,(H,23,25)/t16-/m0/s1. The summed E-state index contributed by atoms with van der Waals surface area (Å²) in [5, 5.41) is 2.79. The molecule has 0 aliphatic heterocycles. The molecule has 7 nitrogen and oxygen atoms in total. The van der Waals surface area contributed by atoms with E-state index >= 15 is 0 Å². The Kier molecular flexibility index (Phi) is 8.00. The number of carbonyl (C=O) groups excluding carboxylic acids is 2. The number of anilines is 1. The molecule has 0 aliphatic carbocycles. The van der Waals surface area contributed by atoms with Crippen molar-refractivity contribution < 1.29 is 22.7 Å². The third-order valence-corrected chi connectivity index (χ3v) is 4.87. The van der Waals surface area contributed by atoms with Crippen molar-refractivity contribution in [1.29, 1.82) is 0 Å². The van der Waals surface area contributed by atoms with Crippen molar-refractivity contribution >= 4 is 27.6 Å². The summed E-state index contributed by atoms with van der Waals surface area (Å²) in [4.78, 5) is 24.5. The van der Waals surface area contributed by atoms with Gasteiger partial charge in [-0.15, -0.1) is 0 Å². The lowest BCUT2D eigenvalue weighted by atomic mass is 10.00. The number of amides is 1. The van der Waals surface area contributed by atoms with Crippen LogP contribution in [0.1, 0.15) is 48.3 Å². The van der Waals surface area contributed by atoms with Crippen LogP contribution in [-0.2, 0) is 26.0 Å². The van der Waals surface area contributed by atoms with Crippen LogP contribution in [0.3, 0.4) is 0 Å². The number of sulfonamides is 1. The van der Waals surface area contributed by atoms with E-state index in [1.807, 2.05) is 31.2 Å². The second-order valence-corrected chi connectivity index (χ2v) is 9.37. The molecule has 162 valence electrons. The lowest BCUT2D eigenvalue weighted by molar-refractivity contribution is -0.124. The van der Waals surface area contributed by atoms with Crippen LogP contribution < -0.4 is 10.0 Å². The molecule has 0 radical (unpaired) electrons. The summed E-state index contributed by atoms with van der Waals surface area (Å²) >= 11 is 0. The number of ether oxygens (including phenoxy) is 1. The van der Waals surface area contributed by atoms with Gasteiger partial charge in [-0.3, -0.25) is 9.52 Å². The molecule has 30 heavy (non-hydrogen) atoms. The Morgan fingerprint density at radius 2 is 1.63 bits per heavy atom. The van der Waals surface area contributed by atoms with Gasteiger partial charge in [-0.05, 0) is 42.5 Å². The summed E-state index contributed by atoms with van der Waals surface area (Å²) in [7, 11) is -3.56. The fraction of sp³-hybridized carbons (Fsp3) is 0.364. The molecular formula is C22H28N2O5S. The fourth-order valence-corrected chi connectivity index (χ4v) is 3.52. The highest BCUT2D eigenvalue weighted by atomic mass is 32.2. The number of hydrogen-bond donors (Lipinski definition) is 2. The minimum absolute atomic E-state index is 0.0320. The molecule has 8 heteroatoms. The molecule has 0 spiro atoms. The molecule has 0 saturated carbocycles. The Balaban J connectivity index is 1.92. The molecule has 2 N–H and O–H groups in total. The Labute approximate surface area is 177 Å². The molecule has 2 aromatic rings. The first kappa shape index (κ1) is 23.4. The molecule has 0 aliphatic rings. The van der Waals surface area contributed by atoms with Crippen LogP contribution in [0.4, 0.5) is 5.69 Å². The number of carbonyl (C=O) groups is 2. The summed E-state index contributed by atoms with van der Waals surface area (Å²) < 4.78 is 30.2. The van der Waals surface area contributed by atoms with Crippen molar-refractivity contribution in [3.63, 3.8) is 0 Å². The molecule has 0 aromatic heterocycles. The molecule has 0 fully saturated rings. The van der Waals surface area contributed by atoms with Gasteiger partial charge in [-0.25, -0.2) is 13.2 Å². The zero-order valence-corrected chi connectivity index (χ0v) is 18.5. The maximum atomic E-state index is 12.3. The summed E-state index contributed by atoms with van der Waals surface area (Å²) in [6.07, 6.45) is 1.98. The van der Waals surface area contributed by atoms with Gasteiger partial charge in [0.2, 0.25) is 10.0 Å². The summed E-state index contributed by atoms with van der Waals surface area (Å²) in [6.45, 7) is 5.70. The molecule has 1 amide bonds. The topological polar surface area (TPSA) is 102 Å². The largest absolute Gasteiger partial charge is 0.452 e. The second-order valence-electron chi connectivity index (χ2n) is 7.62. The maximum Gasteiger partial charge on any atom is 0.340 e. The van der Waals surface area contributed by atoms with Crippen molar-refractivity contribution in [3.05, 3.63) is 65.2 Å². The van der Waals surface area contributed by atoms with Crippen LogP contribution in [0.5, 0.6) is 0 Å². The first-order chi connectivity index (χ1) is 14.0. The van der Waals surface area contributed by atoms with E-state index in [9.17, 15) is 18.0 Å². The highest BCUT2D eigenvalue weighted by Crippen LogP contribution is 2.18. The zero-order chi connectivity index (χ0) is 22.3. The van der Waals surface area contributed by atoms with Gasteiger partial charge in [0.05, 0.1) is 23.5 Å². The third kappa shape index (κ3) is 7.51. The molecule has 0 saturated heterocycles. The second kappa shape index (κ2) is 10.2. The number of para-hydroxylation sites is 1. The Bertz CT molecular complexity index is 985.